The van der Waals surface area contributed by atoms with Gasteiger partial charge in [0.2, 0.25) is 0 Å². The molecule has 1 amide bonds. The first-order valence-electron chi connectivity index (χ1n) is 7.01. The summed E-state index contributed by atoms with van der Waals surface area (Å²) in [5.74, 6) is -0.123. The van der Waals surface area contributed by atoms with Crippen molar-refractivity contribution in [2.45, 2.75) is 32.2 Å². The third-order valence-electron chi connectivity index (χ3n) is 3.29. The number of aromatic nitrogens is 1. The highest BCUT2D eigenvalue weighted by molar-refractivity contribution is 5.93. The molecule has 1 aromatic heterocycles. The van der Waals surface area contributed by atoms with Crippen molar-refractivity contribution in [3.8, 4) is 0 Å². The highest BCUT2D eigenvalue weighted by atomic mass is 16.1. The molecule has 1 unspecified atom stereocenters. The Balaban J connectivity index is 1.89. The van der Waals surface area contributed by atoms with E-state index >= 15 is 0 Å². The van der Waals surface area contributed by atoms with Gasteiger partial charge >= 0.3 is 0 Å². The molecule has 3 N–H and O–H groups in total. The first kappa shape index (κ1) is 13.8. The van der Waals surface area contributed by atoms with Gasteiger partial charge < -0.3 is 16.0 Å². The van der Waals surface area contributed by atoms with Crippen LogP contribution in [0.3, 0.4) is 0 Å². The Morgan fingerprint density at radius 3 is 3.16 bits per heavy atom. The fourth-order valence-corrected chi connectivity index (χ4v) is 2.26. The fourth-order valence-electron chi connectivity index (χ4n) is 2.26. The number of amides is 1. The van der Waals surface area contributed by atoms with E-state index in [-0.39, 0.29) is 5.91 Å². The van der Waals surface area contributed by atoms with E-state index in [9.17, 15) is 4.79 Å². The predicted molar refractivity (Wildman–Crippen MR) is 76.4 cm³/mol. The molecule has 1 aliphatic heterocycles. The summed E-state index contributed by atoms with van der Waals surface area (Å²) in [4.78, 5) is 15.8. The summed E-state index contributed by atoms with van der Waals surface area (Å²) in [5, 5.41) is 9.61. The van der Waals surface area contributed by atoms with Crippen LogP contribution in [0.1, 0.15) is 36.7 Å². The van der Waals surface area contributed by atoms with Gasteiger partial charge in [0, 0.05) is 31.0 Å². The van der Waals surface area contributed by atoms with Gasteiger partial charge in [-0.25, -0.2) is 0 Å². The van der Waals surface area contributed by atoms with Crippen LogP contribution in [-0.2, 0) is 0 Å². The van der Waals surface area contributed by atoms with Gasteiger partial charge in [-0.05, 0) is 38.4 Å². The van der Waals surface area contributed by atoms with Gasteiger partial charge in [-0.3, -0.25) is 9.78 Å². The van der Waals surface area contributed by atoms with E-state index in [1.54, 1.807) is 12.3 Å². The number of carbonyl (C=O) groups is 1. The van der Waals surface area contributed by atoms with Gasteiger partial charge in [-0.2, -0.15) is 0 Å². The van der Waals surface area contributed by atoms with Crippen LogP contribution in [0, 0.1) is 0 Å². The Kier molecular flexibility index (Phi) is 5.15. The van der Waals surface area contributed by atoms with Crippen molar-refractivity contribution >= 4 is 11.6 Å². The lowest BCUT2D eigenvalue weighted by Gasteiger charge is -2.24. The van der Waals surface area contributed by atoms with E-state index in [0.29, 0.717) is 18.3 Å². The second kappa shape index (κ2) is 7.09. The van der Waals surface area contributed by atoms with E-state index in [1.165, 1.54) is 19.3 Å². The second-order valence-corrected chi connectivity index (χ2v) is 4.82. The van der Waals surface area contributed by atoms with Crippen molar-refractivity contribution in [1.82, 2.24) is 15.6 Å². The van der Waals surface area contributed by atoms with Crippen molar-refractivity contribution in [3.63, 3.8) is 0 Å². The third-order valence-corrected chi connectivity index (χ3v) is 3.29. The number of hydrogen-bond acceptors (Lipinski definition) is 4. The van der Waals surface area contributed by atoms with E-state index in [1.807, 2.05) is 13.0 Å². The first-order chi connectivity index (χ1) is 9.29. The molecular weight excluding hydrogens is 240 g/mol. The molecule has 0 spiro atoms. The van der Waals surface area contributed by atoms with Crippen LogP contribution in [0.4, 0.5) is 5.69 Å². The van der Waals surface area contributed by atoms with Crippen LogP contribution in [0.15, 0.2) is 18.3 Å². The zero-order chi connectivity index (χ0) is 13.5. The maximum atomic E-state index is 11.7. The number of hydrogen-bond donors (Lipinski definition) is 3. The standard InChI is InChI=1S/C14H22N4O/c1-2-15-14(19)13-9-11(6-8-17-13)18-10-12-5-3-4-7-16-12/h6,8-9,12,16H,2-5,7,10H2,1H3,(H,15,19)(H,17,18). The molecule has 1 aromatic rings. The molecule has 19 heavy (non-hydrogen) atoms. The molecule has 1 fully saturated rings. The largest absolute Gasteiger partial charge is 0.383 e. The van der Waals surface area contributed by atoms with Gasteiger partial charge in [0.05, 0.1) is 0 Å². The summed E-state index contributed by atoms with van der Waals surface area (Å²) in [7, 11) is 0. The molecule has 1 aliphatic rings. The minimum Gasteiger partial charge on any atom is -0.383 e. The van der Waals surface area contributed by atoms with Gasteiger partial charge in [-0.15, -0.1) is 0 Å². The van der Waals surface area contributed by atoms with Crippen LogP contribution in [-0.4, -0.2) is 36.6 Å². The highest BCUT2D eigenvalue weighted by Crippen LogP contribution is 2.11. The van der Waals surface area contributed by atoms with Crippen LogP contribution < -0.4 is 16.0 Å². The van der Waals surface area contributed by atoms with E-state index in [2.05, 4.69) is 20.9 Å². The van der Waals surface area contributed by atoms with Gasteiger partial charge in [0.15, 0.2) is 0 Å². The predicted octanol–water partition coefficient (Wildman–Crippen LogP) is 1.39. The number of rotatable bonds is 5. The molecule has 104 valence electrons. The van der Waals surface area contributed by atoms with Crippen molar-refractivity contribution in [3.05, 3.63) is 24.0 Å². The minimum absolute atomic E-state index is 0.123. The molecular formula is C14H22N4O. The van der Waals surface area contributed by atoms with Gasteiger partial charge in [0.1, 0.15) is 5.69 Å². The number of nitrogens with one attached hydrogen (secondary N) is 3. The van der Waals surface area contributed by atoms with Crippen molar-refractivity contribution < 1.29 is 4.79 Å². The smallest absolute Gasteiger partial charge is 0.269 e. The molecule has 0 aromatic carbocycles. The van der Waals surface area contributed by atoms with Gasteiger partial charge in [-0.1, -0.05) is 6.42 Å². The second-order valence-electron chi connectivity index (χ2n) is 4.82. The van der Waals surface area contributed by atoms with E-state index in [0.717, 1.165) is 18.8 Å². The number of nitrogens with zero attached hydrogens (tertiary/aromatic N) is 1. The average Bonchev–Trinajstić information content (AvgIpc) is 2.47. The summed E-state index contributed by atoms with van der Waals surface area (Å²) >= 11 is 0. The topological polar surface area (TPSA) is 66.1 Å². The molecule has 0 bridgehead atoms. The van der Waals surface area contributed by atoms with Crippen molar-refractivity contribution in [1.29, 1.82) is 0 Å². The quantitative estimate of drug-likeness (QED) is 0.750. The first-order valence-corrected chi connectivity index (χ1v) is 7.01. The number of piperidine rings is 1. The van der Waals surface area contributed by atoms with Crippen molar-refractivity contribution in [2.75, 3.05) is 25.0 Å². The molecule has 5 nitrogen and oxygen atoms in total. The molecule has 2 heterocycles. The summed E-state index contributed by atoms with van der Waals surface area (Å²) < 4.78 is 0. The minimum atomic E-state index is -0.123. The van der Waals surface area contributed by atoms with Crippen LogP contribution in [0.25, 0.3) is 0 Å². The van der Waals surface area contributed by atoms with E-state index < -0.39 is 0 Å². The van der Waals surface area contributed by atoms with Gasteiger partial charge in [0.25, 0.3) is 5.91 Å². The van der Waals surface area contributed by atoms with Crippen LogP contribution >= 0.6 is 0 Å². The Morgan fingerprint density at radius 1 is 1.53 bits per heavy atom. The maximum Gasteiger partial charge on any atom is 0.269 e. The van der Waals surface area contributed by atoms with Crippen LogP contribution in [0.2, 0.25) is 0 Å². The Bertz CT molecular complexity index is 416. The molecule has 1 atom stereocenters. The molecule has 1 saturated heterocycles. The van der Waals surface area contributed by atoms with Crippen molar-refractivity contribution in [2.24, 2.45) is 0 Å². The monoisotopic (exact) mass is 262 g/mol. The maximum absolute atomic E-state index is 11.7. The summed E-state index contributed by atoms with van der Waals surface area (Å²) in [6, 6.07) is 4.22. The molecule has 0 aliphatic carbocycles. The Morgan fingerprint density at radius 2 is 2.42 bits per heavy atom. The SMILES string of the molecule is CCNC(=O)c1cc(NCC2CCCCN2)ccn1. The lowest BCUT2D eigenvalue weighted by Crippen LogP contribution is -2.39. The lowest BCUT2D eigenvalue weighted by molar-refractivity contribution is 0.0951. The summed E-state index contributed by atoms with van der Waals surface area (Å²) in [6.45, 7) is 4.50. The fraction of sp³-hybridized carbons (Fsp3) is 0.571. The molecule has 5 heteroatoms. The molecule has 2 rings (SSSR count). The third kappa shape index (κ3) is 4.21. The summed E-state index contributed by atoms with van der Waals surface area (Å²) in [5.41, 5.74) is 1.41. The lowest BCUT2D eigenvalue weighted by atomic mass is 10.1. The normalized spacial score (nSPS) is 18.9. The Hall–Kier alpha value is -1.62. The Labute approximate surface area is 114 Å². The average molecular weight is 262 g/mol. The summed E-state index contributed by atoms with van der Waals surface area (Å²) in [6.07, 6.45) is 5.44. The highest BCUT2D eigenvalue weighted by Gasteiger charge is 2.12. The number of anilines is 1. The molecule has 0 radical (unpaired) electrons. The number of carbonyl (C=O) groups excluding carboxylic acids is 1. The number of pyridine rings is 1. The zero-order valence-corrected chi connectivity index (χ0v) is 11.4. The van der Waals surface area contributed by atoms with Crippen LogP contribution in [0.5, 0.6) is 0 Å². The van der Waals surface area contributed by atoms with E-state index in [4.69, 9.17) is 0 Å². The zero-order valence-electron chi connectivity index (χ0n) is 11.4. The molecule has 0 saturated carbocycles.